The third kappa shape index (κ3) is 9.44. The minimum absolute atomic E-state index is 0.00226. The summed E-state index contributed by atoms with van der Waals surface area (Å²) >= 11 is 0. The number of hydrogen-bond acceptors (Lipinski definition) is 7. The average molecular weight is 737 g/mol. The minimum Gasteiger partial charge on any atom is -0.347 e. The Morgan fingerprint density at radius 3 is 2.12 bits per heavy atom. The molecule has 4 N–H and O–H groups in total. The molecule has 1 saturated heterocycles. The Balaban J connectivity index is 1.54. The normalized spacial score (nSPS) is 25.1. The summed E-state index contributed by atoms with van der Waals surface area (Å²) in [6.07, 6.45) is 6.91. The number of Topliss-reactive ketones (excluding diaryl/α,β-unsaturated/α-hetero) is 1. The number of amides is 5. The summed E-state index contributed by atoms with van der Waals surface area (Å²) in [7, 11) is -3.70. The molecule has 0 radical (unpaired) electrons. The van der Waals surface area contributed by atoms with Gasteiger partial charge in [0.15, 0.2) is 0 Å². The number of fused-ring (bicyclic) bond motifs is 1. The van der Waals surface area contributed by atoms with Gasteiger partial charge < -0.3 is 26.2 Å². The van der Waals surface area contributed by atoms with E-state index in [2.05, 4.69) is 35.1 Å². The van der Waals surface area contributed by atoms with Gasteiger partial charge in [0.05, 0.1) is 17.3 Å². The molecule has 4 fully saturated rings. The van der Waals surface area contributed by atoms with Gasteiger partial charge in [-0.15, -0.1) is 0 Å². The molecule has 0 aromatic carbocycles. The van der Waals surface area contributed by atoms with E-state index >= 15 is 0 Å². The Hall–Kier alpha value is -2.74. The molecule has 5 unspecified atom stereocenters. The second-order valence-electron chi connectivity index (χ2n) is 17.5. The van der Waals surface area contributed by atoms with Crippen molar-refractivity contribution >= 4 is 39.6 Å². The molecule has 5 amide bonds. The van der Waals surface area contributed by atoms with E-state index in [-0.39, 0.29) is 35.1 Å². The van der Waals surface area contributed by atoms with E-state index in [1.807, 2.05) is 41.5 Å². The van der Waals surface area contributed by atoms with Crippen LogP contribution in [0.25, 0.3) is 0 Å². The molecule has 0 aromatic rings. The second kappa shape index (κ2) is 15.7. The van der Waals surface area contributed by atoms with Crippen LogP contribution in [-0.2, 0) is 29.2 Å². The molecule has 290 valence electrons. The number of ketones is 1. The Kier molecular flexibility index (Phi) is 12.6. The van der Waals surface area contributed by atoms with Crippen LogP contribution < -0.4 is 21.3 Å². The van der Waals surface area contributed by atoms with Crippen molar-refractivity contribution < 1.29 is 32.4 Å². The number of unbranched alkanes of at least 4 members (excludes halogenated alkanes) is 1. The Labute approximate surface area is 305 Å². The number of carbonyl (C=O) groups excluding carboxylic acids is 5. The number of sulfonamides is 1. The molecule has 4 aliphatic rings. The maximum absolute atomic E-state index is 14.5. The SMILES string of the molecule is CCCCC(NC(=O)C1C2C(CN1C(=O)C(NC(=O)NC1(CS(=O)(=O)N(CC)C(C)C)CCCCC1)C(C)(C)C)C2(C)C)C(=O)C(=O)NC1CC1. The van der Waals surface area contributed by atoms with Crippen molar-refractivity contribution in [2.45, 2.75) is 162 Å². The second-order valence-corrected chi connectivity index (χ2v) is 19.4. The summed E-state index contributed by atoms with van der Waals surface area (Å²) in [6.45, 7) is 17.7. The number of hydrogen-bond donors (Lipinski definition) is 4. The van der Waals surface area contributed by atoms with Crippen molar-refractivity contribution in [2.24, 2.45) is 22.7 Å². The number of nitrogens with one attached hydrogen (secondary N) is 4. The molecule has 3 saturated carbocycles. The first-order valence-corrected chi connectivity index (χ1v) is 20.8. The van der Waals surface area contributed by atoms with Crippen LogP contribution in [-0.4, -0.2) is 102 Å². The van der Waals surface area contributed by atoms with Gasteiger partial charge in [-0.25, -0.2) is 13.2 Å². The van der Waals surface area contributed by atoms with Crippen LogP contribution in [0, 0.1) is 22.7 Å². The highest BCUT2D eigenvalue weighted by Crippen LogP contribution is 2.65. The fraction of sp³-hybridized carbons (Fsp3) is 0.865. The Morgan fingerprint density at radius 2 is 1.59 bits per heavy atom. The van der Waals surface area contributed by atoms with Gasteiger partial charge in [-0.05, 0) is 68.6 Å². The first-order valence-electron chi connectivity index (χ1n) is 19.2. The lowest BCUT2D eigenvalue weighted by atomic mass is 9.83. The lowest BCUT2D eigenvalue weighted by molar-refractivity contribution is -0.145. The minimum atomic E-state index is -3.70. The smallest absolute Gasteiger partial charge is 0.315 e. The van der Waals surface area contributed by atoms with E-state index in [0.29, 0.717) is 38.8 Å². The zero-order chi connectivity index (χ0) is 38.1. The zero-order valence-corrected chi connectivity index (χ0v) is 33.2. The van der Waals surface area contributed by atoms with E-state index in [1.165, 1.54) is 4.31 Å². The average Bonchev–Trinajstić information content (AvgIpc) is 3.87. The van der Waals surface area contributed by atoms with E-state index in [1.54, 1.807) is 11.8 Å². The van der Waals surface area contributed by atoms with Gasteiger partial charge in [0.25, 0.3) is 5.91 Å². The van der Waals surface area contributed by atoms with Crippen LogP contribution in [0.1, 0.15) is 127 Å². The third-order valence-corrected chi connectivity index (χ3v) is 14.0. The number of nitrogens with zero attached hydrogens (tertiary/aromatic N) is 2. The van der Waals surface area contributed by atoms with Gasteiger partial charge in [0.1, 0.15) is 12.1 Å². The van der Waals surface area contributed by atoms with Crippen LogP contribution in [0.2, 0.25) is 0 Å². The predicted molar refractivity (Wildman–Crippen MR) is 196 cm³/mol. The highest BCUT2D eigenvalue weighted by Gasteiger charge is 2.70. The van der Waals surface area contributed by atoms with E-state index in [4.69, 9.17) is 0 Å². The first-order chi connectivity index (χ1) is 23.7. The Morgan fingerprint density at radius 1 is 0.961 bits per heavy atom. The summed E-state index contributed by atoms with van der Waals surface area (Å²) in [5, 5.41) is 11.5. The molecule has 13 nitrogen and oxygen atoms in total. The molecule has 0 aromatic heterocycles. The van der Waals surface area contributed by atoms with Crippen molar-refractivity contribution in [1.82, 2.24) is 30.5 Å². The molecule has 3 aliphatic carbocycles. The summed E-state index contributed by atoms with van der Waals surface area (Å²) in [5.74, 6) is -2.55. The lowest BCUT2D eigenvalue weighted by Crippen LogP contribution is -2.64. The molecule has 1 aliphatic heterocycles. The molecule has 0 spiro atoms. The van der Waals surface area contributed by atoms with Crippen molar-refractivity contribution in [2.75, 3.05) is 18.8 Å². The van der Waals surface area contributed by atoms with Gasteiger partial charge >= 0.3 is 6.03 Å². The van der Waals surface area contributed by atoms with E-state index in [9.17, 15) is 32.4 Å². The lowest BCUT2D eigenvalue weighted by Gasteiger charge is -2.41. The summed E-state index contributed by atoms with van der Waals surface area (Å²) in [5.41, 5.74) is -1.95. The topological polar surface area (TPSA) is 174 Å². The Bertz CT molecular complexity index is 1430. The largest absolute Gasteiger partial charge is 0.347 e. The maximum atomic E-state index is 14.5. The van der Waals surface area contributed by atoms with Gasteiger partial charge in [-0.3, -0.25) is 19.2 Å². The maximum Gasteiger partial charge on any atom is 0.315 e. The zero-order valence-electron chi connectivity index (χ0n) is 32.4. The van der Waals surface area contributed by atoms with Crippen molar-refractivity contribution in [3.63, 3.8) is 0 Å². The summed E-state index contributed by atoms with van der Waals surface area (Å²) in [6, 6.07) is -3.75. The molecule has 51 heavy (non-hydrogen) atoms. The quantitative estimate of drug-likeness (QED) is 0.176. The van der Waals surface area contributed by atoms with Crippen LogP contribution >= 0.6 is 0 Å². The number of rotatable bonds is 16. The van der Waals surface area contributed by atoms with Gasteiger partial charge in [0.2, 0.25) is 27.6 Å². The monoisotopic (exact) mass is 736 g/mol. The standard InChI is InChI=1S/C37H64N6O7S/c1-10-12-16-26(29(44)32(46)38-24-17-18-24)39-31(45)28-27-25(36(27,8)9)21-42(28)33(47)30(35(5,6)7)40-34(48)41-37(19-14-13-15-20-37)22-51(49,50)43(11-2)23(3)4/h23-28,30H,10-22H2,1-9H3,(H,38,46)(H,39,45)(H2,40,41,48). The van der Waals surface area contributed by atoms with Gasteiger partial charge in [0, 0.05) is 25.2 Å². The van der Waals surface area contributed by atoms with E-state index in [0.717, 1.165) is 38.5 Å². The molecular formula is C37H64N6O7S. The van der Waals surface area contributed by atoms with Crippen LogP contribution in [0.3, 0.4) is 0 Å². The first kappa shape index (κ1) is 41.0. The number of urea groups is 1. The molecule has 4 rings (SSSR count). The van der Waals surface area contributed by atoms with Gasteiger partial charge in [-0.1, -0.05) is 80.6 Å². The molecule has 1 heterocycles. The highest BCUT2D eigenvalue weighted by atomic mass is 32.2. The third-order valence-electron chi connectivity index (χ3n) is 11.7. The van der Waals surface area contributed by atoms with Crippen molar-refractivity contribution in [3.8, 4) is 0 Å². The van der Waals surface area contributed by atoms with Crippen molar-refractivity contribution in [3.05, 3.63) is 0 Å². The fourth-order valence-corrected chi connectivity index (χ4v) is 10.7. The molecule has 14 heteroatoms. The number of likely N-dealkylation sites (tertiary alicyclic amines) is 1. The van der Waals surface area contributed by atoms with Gasteiger partial charge in [-0.2, -0.15) is 4.31 Å². The van der Waals surface area contributed by atoms with E-state index < -0.39 is 68.6 Å². The van der Waals surface area contributed by atoms with Crippen molar-refractivity contribution in [1.29, 1.82) is 0 Å². The highest BCUT2D eigenvalue weighted by molar-refractivity contribution is 7.89. The number of carbonyl (C=O) groups is 5. The number of piperidine rings is 1. The fourth-order valence-electron chi connectivity index (χ4n) is 8.46. The van der Waals surface area contributed by atoms with Crippen LogP contribution in [0.15, 0.2) is 0 Å². The molecular weight excluding hydrogens is 673 g/mol. The van der Waals surface area contributed by atoms with Crippen LogP contribution in [0.5, 0.6) is 0 Å². The molecule has 0 bridgehead atoms. The predicted octanol–water partition coefficient (Wildman–Crippen LogP) is 3.47. The summed E-state index contributed by atoms with van der Waals surface area (Å²) in [4.78, 5) is 70.0. The summed E-state index contributed by atoms with van der Waals surface area (Å²) < 4.78 is 28.6. The van der Waals surface area contributed by atoms with Crippen LogP contribution in [0.4, 0.5) is 4.79 Å². The molecule has 5 atom stereocenters.